The Morgan fingerprint density at radius 1 is 0.906 bits per heavy atom. The lowest BCUT2D eigenvalue weighted by molar-refractivity contribution is -0.384. The number of nitro groups is 1. The van der Waals surface area contributed by atoms with E-state index in [-0.39, 0.29) is 22.4 Å². The highest BCUT2D eigenvalue weighted by atomic mass is 35.5. The summed E-state index contributed by atoms with van der Waals surface area (Å²) in [7, 11) is -2.44. The Labute approximate surface area is 381 Å². The Hall–Kier alpha value is -5.25. The Morgan fingerprint density at radius 2 is 1.66 bits per heavy atom. The molecule has 2 aliphatic carbocycles. The van der Waals surface area contributed by atoms with E-state index in [1.807, 2.05) is 48.6 Å². The van der Waals surface area contributed by atoms with Crippen LogP contribution in [0, 0.1) is 15.5 Å². The fraction of sp³-hybridized carbons (Fsp3) is 0.408. The van der Waals surface area contributed by atoms with Crippen LogP contribution in [0.1, 0.15) is 66.6 Å². The number of fused-ring (bicyclic) bond motifs is 1. The maximum Gasteiger partial charge on any atom is 0.293 e. The van der Waals surface area contributed by atoms with Crippen molar-refractivity contribution >= 4 is 56.2 Å². The lowest BCUT2D eigenvalue weighted by Crippen LogP contribution is -2.47. The third kappa shape index (κ3) is 10.8. The molecule has 0 saturated carbocycles. The molecule has 2 fully saturated rings. The summed E-state index contributed by atoms with van der Waals surface area (Å²) in [6.45, 7) is 14.0. The number of piperazine rings is 2. The first-order valence-corrected chi connectivity index (χ1v) is 24.1. The summed E-state index contributed by atoms with van der Waals surface area (Å²) < 4.78 is 36.2. The molecule has 0 radical (unpaired) electrons. The maximum absolute atomic E-state index is 14.0. The summed E-state index contributed by atoms with van der Waals surface area (Å²) in [5, 5.41) is 16.0. The van der Waals surface area contributed by atoms with E-state index >= 15 is 0 Å². The van der Waals surface area contributed by atoms with Crippen molar-refractivity contribution in [3.8, 4) is 11.5 Å². The maximum atomic E-state index is 14.0. The molecule has 2 saturated heterocycles. The molecule has 2 heterocycles. The summed E-state index contributed by atoms with van der Waals surface area (Å²) in [6, 6.07) is 22.8. The average Bonchev–Trinajstić information content (AvgIpc) is 3.77. The van der Waals surface area contributed by atoms with Crippen LogP contribution in [0.3, 0.4) is 0 Å². The third-order valence-corrected chi connectivity index (χ3v) is 14.6. The number of nitro benzene ring substituents is 1. The van der Waals surface area contributed by atoms with E-state index in [1.165, 1.54) is 28.8 Å². The van der Waals surface area contributed by atoms with Crippen molar-refractivity contribution in [1.29, 1.82) is 0 Å². The van der Waals surface area contributed by atoms with Crippen molar-refractivity contribution in [2.75, 3.05) is 89.3 Å². The number of halogens is 1. The van der Waals surface area contributed by atoms with E-state index < -0.39 is 31.4 Å². The number of hydrogen-bond acceptors (Lipinski definition) is 11. The third-order valence-electron chi connectivity index (χ3n) is 13.0. The van der Waals surface area contributed by atoms with Crippen LogP contribution in [0.4, 0.5) is 17.1 Å². The molecular formula is C49H58ClN7O6S. The highest BCUT2D eigenvalue weighted by Crippen LogP contribution is 2.44. The molecule has 15 heteroatoms. The number of sulfonamides is 1. The second-order valence-corrected chi connectivity index (χ2v) is 20.3. The number of nitrogens with one attached hydrogen (secondary N) is 2. The minimum Gasteiger partial charge on any atom is -0.456 e. The van der Waals surface area contributed by atoms with Gasteiger partial charge in [0.15, 0.2) is 0 Å². The molecular weight excluding hydrogens is 850 g/mol. The smallest absolute Gasteiger partial charge is 0.293 e. The number of benzene rings is 4. The number of nitrogens with zero attached hydrogens (tertiary/aromatic N) is 5. The quantitative estimate of drug-likeness (QED) is 0.0674. The molecule has 8 rings (SSSR count). The van der Waals surface area contributed by atoms with Gasteiger partial charge in [0.2, 0.25) is 0 Å². The molecule has 2 aliphatic heterocycles. The standard InChI is InChI=1S/C49H58ClN7O6S/c1-49(2)20-19-37(43(33-49)36-11-13-38(50)14-12-36)34-55-27-29-56(30-28-55)39-15-17-42(47(31-39)63-46-10-5-8-35-7-4-9-41(35)46)48(58)52-64(61,62)40-16-18-44(45(32-40)57(59)60)51-21-6-22-54-25-23-53(3)24-26-54/h4-5,8-18,31-32,51H,6-7,19-30,33-34H2,1-3H3,(H,52,58). The second kappa shape index (κ2) is 19.5. The molecule has 1 amide bonds. The fourth-order valence-corrected chi connectivity index (χ4v) is 10.3. The number of carbonyl (C=O) groups is 1. The van der Waals surface area contributed by atoms with Gasteiger partial charge < -0.3 is 24.8 Å². The first kappa shape index (κ1) is 45.3. The number of carbonyl (C=O) groups excluding carboxylic acids is 1. The number of rotatable bonds is 15. The summed E-state index contributed by atoms with van der Waals surface area (Å²) in [6.07, 6.45) is 8.78. The number of ether oxygens (including phenoxy) is 1. The number of likely N-dealkylation sites (N-methyl/N-ethyl adjacent to an activating group) is 1. The molecule has 0 spiro atoms. The van der Waals surface area contributed by atoms with Gasteiger partial charge in [-0.3, -0.25) is 19.8 Å². The zero-order chi connectivity index (χ0) is 45.0. The van der Waals surface area contributed by atoms with E-state index in [9.17, 15) is 23.3 Å². The van der Waals surface area contributed by atoms with Gasteiger partial charge in [0.1, 0.15) is 17.2 Å². The molecule has 4 aliphatic rings. The van der Waals surface area contributed by atoms with Crippen molar-refractivity contribution in [2.24, 2.45) is 5.41 Å². The molecule has 13 nitrogen and oxygen atoms in total. The van der Waals surface area contributed by atoms with Gasteiger partial charge in [-0.25, -0.2) is 13.1 Å². The normalized spacial score (nSPS) is 18.2. The number of allylic oxidation sites excluding steroid dienone is 2. The van der Waals surface area contributed by atoms with E-state index in [1.54, 1.807) is 12.1 Å². The molecule has 4 aromatic rings. The first-order valence-electron chi connectivity index (χ1n) is 22.3. The van der Waals surface area contributed by atoms with Crippen LogP contribution in [-0.4, -0.2) is 113 Å². The summed E-state index contributed by atoms with van der Waals surface area (Å²) in [5.41, 5.74) is 7.04. The Bertz CT molecular complexity index is 2550. The predicted octanol–water partition coefficient (Wildman–Crippen LogP) is 8.56. The predicted molar refractivity (Wildman–Crippen MR) is 255 cm³/mol. The fourth-order valence-electron chi connectivity index (χ4n) is 9.16. The van der Waals surface area contributed by atoms with Crippen LogP contribution in [0.2, 0.25) is 5.02 Å². The van der Waals surface area contributed by atoms with Gasteiger partial charge in [0.05, 0.1) is 15.4 Å². The molecule has 0 aromatic heterocycles. The summed E-state index contributed by atoms with van der Waals surface area (Å²) in [4.78, 5) is 34.6. The van der Waals surface area contributed by atoms with Crippen molar-refractivity contribution in [2.45, 2.75) is 50.8 Å². The van der Waals surface area contributed by atoms with Gasteiger partial charge in [-0.2, -0.15) is 0 Å². The lowest BCUT2D eigenvalue weighted by atomic mass is 9.72. The van der Waals surface area contributed by atoms with Crippen LogP contribution < -0.4 is 19.7 Å². The van der Waals surface area contributed by atoms with Crippen molar-refractivity contribution in [3.05, 3.63) is 128 Å². The van der Waals surface area contributed by atoms with E-state index in [0.29, 0.717) is 12.3 Å². The van der Waals surface area contributed by atoms with Crippen LogP contribution in [0.15, 0.2) is 95.4 Å². The minimum absolute atomic E-state index is 0.0144. The zero-order valence-electron chi connectivity index (χ0n) is 36.9. The molecule has 4 aromatic carbocycles. The number of hydrogen-bond donors (Lipinski definition) is 2. The SMILES string of the molecule is CN1CCN(CCCNc2ccc(S(=O)(=O)NC(=O)c3ccc(N4CCN(CC5=C(c6ccc(Cl)cc6)CC(C)(C)CC5)CC4)cc3Oc3cccc4c3C=CC4)cc2[N+](=O)[O-])CC1. The molecule has 0 unspecified atom stereocenters. The van der Waals surface area contributed by atoms with Crippen molar-refractivity contribution in [3.63, 3.8) is 0 Å². The zero-order valence-corrected chi connectivity index (χ0v) is 38.5. The van der Waals surface area contributed by atoms with Gasteiger partial charge in [0.25, 0.3) is 21.6 Å². The largest absolute Gasteiger partial charge is 0.456 e. The van der Waals surface area contributed by atoms with Crippen LogP contribution in [-0.2, 0) is 16.4 Å². The highest BCUT2D eigenvalue weighted by molar-refractivity contribution is 7.90. The van der Waals surface area contributed by atoms with Gasteiger partial charge in [-0.15, -0.1) is 0 Å². The van der Waals surface area contributed by atoms with Crippen LogP contribution in [0.25, 0.3) is 11.6 Å². The first-order chi connectivity index (χ1) is 30.7. The monoisotopic (exact) mass is 907 g/mol. The summed E-state index contributed by atoms with van der Waals surface area (Å²) in [5.74, 6) is -0.164. The van der Waals surface area contributed by atoms with Gasteiger partial charge in [-0.05, 0) is 110 Å². The minimum atomic E-state index is -4.54. The lowest BCUT2D eigenvalue weighted by Gasteiger charge is -2.39. The van der Waals surface area contributed by atoms with E-state index in [2.05, 4.69) is 62.7 Å². The van der Waals surface area contributed by atoms with E-state index in [4.69, 9.17) is 16.3 Å². The van der Waals surface area contributed by atoms with Crippen LogP contribution >= 0.6 is 11.6 Å². The summed E-state index contributed by atoms with van der Waals surface area (Å²) >= 11 is 6.25. The van der Waals surface area contributed by atoms with Crippen molar-refractivity contribution < 1.29 is 22.9 Å². The molecule has 338 valence electrons. The van der Waals surface area contributed by atoms with E-state index in [0.717, 1.165) is 125 Å². The van der Waals surface area contributed by atoms with Crippen LogP contribution in [0.5, 0.6) is 11.5 Å². The Kier molecular flexibility index (Phi) is 13.8. The second-order valence-electron chi connectivity index (χ2n) is 18.2. The van der Waals surface area contributed by atoms with Crippen molar-refractivity contribution in [1.82, 2.24) is 19.4 Å². The molecule has 0 bridgehead atoms. The Morgan fingerprint density at radius 3 is 2.41 bits per heavy atom. The van der Waals surface area contributed by atoms with Gasteiger partial charge >= 0.3 is 0 Å². The topological polar surface area (TPSA) is 141 Å². The van der Waals surface area contributed by atoms with Gasteiger partial charge in [0, 0.05) is 93.9 Å². The highest BCUT2D eigenvalue weighted by Gasteiger charge is 2.31. The molecule has 64 heavy (non-hydrogen) atoms. The number of anilines is 2. The Balaban J connectivity index is 0.976. The number of amides is 1. The molecule has 0 atom stereocenters. The van der Waals surface area contributed by atoms with Gasteiger partial charge in [-0.1, -0.05) is 67.4 Å². The average molecular weight is 909 g/mol. The molecule has 2 N–H and O–H groups in total.